The molecule has 3 aliphatic heterocycles. The van der Waals surface area contributed by atoms with Gasteiger partial charge in [-0.15, -0.1) is 11.8 Å². The highest BCUT2D eigenvalue weighted by atomic mass is 79.9. The number of nitriles is 1. The Kier molecular flexibility index (Phi) is 6.51. The molecule has 3 aromatic rings. The molecule has 198 valence electrons. The average molecular weight is 601 g/mol. The van der Waals surface area contributed by atoms with Crippen molar-refractivity contribution in [2.24, 2.45) is 5.92 Å². The minimum Gasteiger partial charge on any atom is -0.465 e. The summed E-state index contributed by atoms with van der Waals surface area (Å²) >= 11 is 4.83. The second-order valence-corrected chi connectivity index (χ2v) is 11.9. The van der Waals surface area contributed by atoms with Gasteiger partial charge in [-0.1, -0.05) is 0 Å². The molecule has 1 saturated carbocycles. The molecular formula is C27H27BrFN5O3S. The Morgan fingerprint density at radius 1 is 1.29 bits per heavy atom. The van der Waals surface area contributed by atoms with Gasteiger partial charge in [0.25, 0.3) is 0 Å². The lowest BCUT2D eigenvalue weighted by atomic mass is 9.79. The summed E-state index contributed by atoms with van der Waals surface area (Å²) in [6.07, 6.45) is 4.36. The second-order valence-electron chi connectivity index (χ2n) is 10.3. The Morgan fingerprint density at radius 2 is 2.08 bits per heavy atom. The van der Waals surface area contributed by atoms with E-state index in [1.165, 1.54) is 16.7 Å². The molecule has 38 heavy (non-hydrogen) atoms. The fourth-order valence-electron chi connectivity index (χ4n) is 6.35. The number of nitrogens with zero attached hydrogens (tertiary/aromatic N) is 5. The Labute approximate surface area is 231 Å². The SMILES string of the molecule is CSc1nc2c(F)c(Br)c(CCC#N)cc2c2c1cc(CCC(=O)N1CCC1)n2[C@H]1[C@@H]2C[C@H]1N(C(=O)O)C2. The van der Waals surface area contributed by atoms with Crippen LogP contribution in [0.15, 0.2) is 21.6 Å². The third kappa shape index (κ3) is 3.87. The fraction of sp³-hybridized carbons (Fsp3) is 0.481. The molecule has 0 unspecified atom stereocenters. The van der Waals surface area contributed by atoms with E-state index in [1.807, 2.05) is 17.2 Å². The van der Waals surface area contributed by atoms with Crippen molar-refractivity contribution in [1.29, 1.82) is 5.26 Å². The lowest BCUT2D eigenvalue weighted by Crippen LogP contribution is -2.43. The van der Waals surface area contributed by atoms with E-state index in [1.54, 1.807) is 0 Å². The maximum atomic E-state index is 15.7. The van der Waals surface area contributed by atoms with Gasteiger partial charge in [-0.2, -0.15) is 5.26 Å². The minimum atomic E-state index is -0.920. The van der Waals surface area contributed by atoms with Crippen molar-refractivity contribution in [2.75, 3.05) is 25.9 Å². The number of halogens is 2. The van der Waals surface area contributed by atoms with Crippen LogP contribution in [0.5, 0.6) is 0 Å². The molecule has 11 heteroatoms. The van der Waals surface area contributed by atoms with Gasteiger partial charge in [-0.3, -0.25) is 4.79 Å². The van der Waals surface area contributed by atoms with Crippen LogP contribution in [0.1, 0.15) is 43.0 Å². The van der Waals surface area contributed by atoms with Gasteiger partial charge in [0, 0.05) is 54.9 Å². The summed E-state index contributed by atoms with van der Waals surface area (Å²) in [5.41, 5.74) is 2.73. The maximum absolute atomic E-state index is 15.7. The first-order valence-electron chi connectivity index (χ1n) is 12.9. The van der Waals surface area contributed by atoms with E-state index in [-0.39, 0.29) is 35.8 Å². The number of fused-ring (bicyclic) bond motifs is 4. The van der Waals surface area contributed by atoms with Gasteiger partial charge in [-0.25, -0.2) is 14.2 Å². The largest absolute Gasteiger partial charge is 0.465 e. The van der Waals surface area contributed by atoms with Crippen LogP contribution in [0.3, 0.4) is 0 Å². The molecule has 1 N–H and O–H groups in total. The molecule has 2 amide bonds. The molecule has 1 aliphatic carbocycles. The van der Waals surface area contributed by atoms with E-state index in [4.69, 9.17) is 10.2 Å². The normalized spacial score (nSPS) is 22.0. The Morgan fingerprint density at radius 3 is 2.71 bits per heavy atom. The number of hydrogen-bond donors (Lipinski definition) is 1. The third-order valence-electron chi connectivity index (χ3n) is 8.37. The standard InChI is InChI=1S/C27H27BrFN5O3S/c1-38-26-18-12-16(5-6-20(35)32-8-3-9-32)34(24-15-11-19(24)33(13-15)27(36)37)25(18)17-10-14(4-2-7-30)21(28)22(29)23(17)31-26/h10,12,15,19,24H,2-6,8-9,11,13H2,1H3,(H,36,37)/t15-,19-,24+/m1/s1. The maximum Gasteiger partial charge on any atom is 0.407 e. The summed E-state index contributed by atoms with van der Waals surface area (Å²) in [6, 6.07) is 5.88. The highest BCUT2D eigenvalue weighted by molar-refractivity contribution is 9.10. The number of carboxylic acid groups (broad SMARTS) is 1. The number of amides is 2. The summed E-state index contributed by atoms with van der Waals surface area (Å²) < 4.78 is 18.3. The number of aromatic nitrogens is 2. The molecule has 3 atom stereocenters. The summed E-state index contributed by atoms with van der Waals surface area (Å²) in [4.78, 5) is 32.8. The number of carbonyl (C=O) groups is 2. The smallest absolute Gasteiger partial charge is 0.407 e. The minimum absolute atomic E-state index is 0.0766. The average Bonchev–Trinajstić information content (AvgIpc) is 3.55. The molecule has 2 bridgehead atoms. The zero-order valence-corrected chi connectivity index (χ0v) is 23.3. The van der Waals surface area contributed by atoms with E-state index in [0.29, 0.717) is 46.3 Å². The zero-order chi connectivity index (χ0) is 26.7. The number of benzene rings is 1. The first-order chi connectivity index (χ1) is 18.3. The number of hydrogen-bond acceptors (Lipinski definition) is 5. The molecule has 0 spiro atoms. The van der Waals surface area contributed by atoms with Crippen LogP contribution in [0, 0.1) is 23.1 Å². The van der Waals surface area contributed by atoms with Crippen LogP contribution in [-0.2, 0) is 17.6 Å². The van der Waals surface area contributed by atoms with Gasteiger partial charge in [0.2, 0.25) is 5.91 Å². The van der Waals surface area contributed by atoms with Crippen molar-refractivity contribution in [3.63, 3.8) is 0 Å². The van der Waals surface area contributed by atoms with E-state index < -0.39 is 11.9 Å². The quantitative estimate of drug-likeness (QED) is 0.367. The van der Waals surface area contributed by atoms with E-state index >= 15 is 4.39 Å². The predicted octanol–water partition coefficient (Wildman–Crippen LogP) is 5.36. The van der Waals surface area contributed by atoms with Crippen LogP contribution in [0.4, 0.5) is 9.18 Å². The number of aryl methyl sites for hydroxylation is 2. The number of likely N-dealkylation sites (tertiary alicyclic amines) is 1. The summed E-state index contributed by atoms with van der Waals surface area (Å²) in [7, 11) is 0. The summed E-state index contributed by atoms with van der Waals surface area (Å²) in [5.74, 6) is -0.173. The van der Waals surface area contributed by atoms with E-state index in [9.17, 15) is 14.7 Å². The van der Waals surface area contributed by atoms with Gasteiger partial charge in [-0.05, 0) is 65.6 Å². The third-order valence-corrected chi connectivity index (χ3v) is 9.93. The number of pyridine rings is 1. The Hall–Kier alpha value is -2.84. The number of thioether (sulfide) groups is 1. The molecule has 0 radical (unpaired) electrons. The molecule has 2 aromatic heterocycles. The van der Waals surface area contributed by atoms with Crippen molar-refractivity contribution in [3.05, 3.63) is 33.7 Å². The van der Waals surface area contributed by atoms with Crippen LogP contribution >= 0.6 is 27.7 Å². The van der Waals surface area contributed by atoms with Crippen molar-refractivity contribution in [2.45, 2.75) is 55.6 Å². The lowest BCUT2D eigenvalue weighted by molar-refractivity contribution is -0.134. The predicted molar refractivity (Wildman–Crippen MR) is 146 cm³/mol. The van der Waals surface area contributed by atoms with Crippen molar-refractivity contribution >= 4 is 61.5 Å². The highest BCUT2D eigenvalue weighted by Gasteiger charge is 2.55. The molecule has 5 heterocycles. The monoisotopic (exact) mass is 599 g/mol. The number of carbonyl (C=O) groups excluding carboxylic acids is 1. The first kappa shape index (κ1) is 25.4. The number of rotatable bonds is 7. The van der Waals surface area contributed by atoms with E-state index in [2.05, 4.69) is 32.6 Å². The van der Waals surface area contributed by atoms with Gasteiger partial charge in [0.05, 0.1) is 28.1 Å². The summed E-state index contributed by atoms with van der Waals surface area (Å²) in [6.45, 7) is 2.07. The van der Waals surface area contributed by atoms with Crippen molar-refractivity contribution in [1.82, 2.24) is 19.4 Å². The lowest BCUT2D eigenvalue weighted by Gasteiger charge is -2.39. The summed E-state index contributed by atoms with van der Waals surface area (Å²) in [5, 5.41) is 21.2. The molecule has 7 rings (SSSR count). The van der Waals surface area contributed by atoms with Gasteiger partial charge in [0.15, 0.2) is 5.82 Å². The van der Waals surface area contributed by atoms with E-state index in [0.717, 1.165) is 42.5 Å². The van der Waals surface area contributed by atoms with Crippen LogP contribution in [0.25, 0.3) is 21.8 Å². The molecule has 4 aliphatic rings. The molecular weight excluding hydrogens is 573 g/mol. The Bertz CT molecular complexity index is 1530. The van der Waals surface area contributed by atoms with Crippen molar-refractivity contribution in [3.8, 4) is 6.07 Å². The second kappa shape index (κ2) is 9.72. The van der Waals surface area contributed by atoms with Gasteiger partial charge < -0.3 is 19.5 Å². The molecule has 4 fully saturated rings. The first-order valence-corrected chi connectivity index (χ1v) is 14.9. The van der Waals surface area contributed by atoms with Crippen LogP contribution < -0.4 is 0 Å². The van der Waals surface area contributed by atoms with Crippen molar-refractivity contribution < 1.29 is 19.1 Å². The van der Waals surface area contributed by atoms with Gasteiger partial charge in [0.1, 0.15) is 10.5 Å². The molecule has 8 nitrogen and oxygen atoms in total. The Balaban J connectivity index is 1.56. The topological polar surface area (TPSA) is 102 Å². The molecule has 1 aromatic carbocycles. The molecule has 3 saturated heterocycles. The van der Waals surface area contributed by atoms with Crippen LogP contribution in [0.2, 0.25) is 0 Å². The zero-order valence-electron chi connectivity index (χ0n) is 20.9. The van der Waals surface area contributed by atoms with Gasteiger partial charge >= 0.3 is 6.09 Å². The fourth-order valence-corrected chi connectivity index (χ4v) is 7.41. The highest BCUT2D eigenvalue weighted by Crippen LogP contribution is 2.52. The van der Waals surface area contributed by atoms with Crippen LogP contribution in [-0.4, -0.2) is 68.4 Å².